The molecule has 0 aliphatic heterocycles. The first-order valence-corrected chi connectivity index (χ1v) is 8.27. The van der Waals surface area contributed by atoms with E-state index in [1.54, 1.807) is 0 Å². The summed E-state index contributed by atoms with van der Waals surface area (Å²) in [6.07, 6.45) is -0.112. The molecule has 0 N–H and O–H groups in total. The Balaban J connectivity index is 0. The average Bonchev–Trinajstić information content (AvgIpc) is 1.93. The van der Waals surface area contributed by atoms with Crippen molar-refractivity contribution >= 4 is 30.0 Å². The van der Waals surface area contributed by atoms with Crippen LogP contribution in [0.25, 0.3) is 4.13 Å². The van der Waals surface area contributed by atoms with Gasteiger partial charge in [0.05, 0.1) is 0 Å². The summed E-state index contributed by atoms with van der Waals surface area (Å²) in [7, 11) is -18.1. The van der Waals surface area contributed by atoms with Crippen molar-refractivity contribution in [1.82, 2.24) is 0 Å². The molecular weight excluding hydrogens is 361 g/mol. The molecule has 1 unspecified atom stereocenters. The maximum Gasteiger partial charge on any atom is 1.00 e. The second-order valence-corrected chi connectivity index (χ2v) is 8.30. The fraction of sp³-hybridized carbons (Fsp3) is 1.00. The Bertz CT molecular complexity index is 668. The zero-order valence-electron chi connectivity index (χ0n) is 9.43. The third kappa shape index (κ3) is 5.77. The Labute approximate surface area is 121 Å². The summed E-state index contributed by atoms with van der Waals surface area (Å²) in [5, 5.41) is 0. The first kappa shape index (κ1) is 22.3. The summed E-state index contributed by atoms with van der Waals surface area (Å²) in [5.74, 6) is 0. The van der Waals surface area contributed by atoms with Gasteiger partial charge in [-0.15, -0.1) is 3.77 Å². The van der Waals surface area contributed by atoms with Crippen LogP contribution in [0.4, 0.5) is 26.3 Å². The molecule has 7 nitrogen and oxygen atoms in total. The van der Waals surface area contributed by atoms with Crippen molar-refractivity contribution in [3.8, 4) is 0 Å². The normalized spacial score (nSPS) is 16.9. The molecule has 0 amide bonds. The number of sulfonamides is 2. The summed E-state index contributed by atoms with van der Waals surface area (Å²) in [5.41, 5.74) is -12.1. The molecule has 0 aromatic rings. The van der Waals surface area contributed by atoms with Crippen LogP contribution in [0.3, 0.4) is 0 Å². The molecule has 0 rings (SSSR count). The Kier molecular flexibility index (Phi) is 6.69. The van der Waals surface area contributed by atoms with Crippen molar-refractivity contribution in [2.75, 3.05) is 6.26 Å². The van der Waals surface area contributed by atoms with Crippen LogP contribution in [-0.4, -0.2) is 38.3 Å². The molecule has 0 fully saturated rings. The molecule has 0 bridgehead atoms. The van der Waals surface area contributed by atoms with Gasteiger partial charge >= 0.3 is 39.9 Å². The van der Waals surface area contributed by atoms with E-state index in [-0.39, 0.29) is 25.1 Å². The van der Waals surface area contributed by atoms with Crippen molar-refractivity contribution in [2.24, 2.45) is 3.77 Å². The third-order valence-electron chi connectivity index (χ3n) is 1.06. The van der Waals surface area contributed by atoms with Gasteiger partial charge in [0.25, 0.3) is 0 Å². The Morgan fingerprint density at radius 1 is 0.850 bits per heavy atom. The maximum atomic E-state index is 11.8. The molecule has 116 valence electrons. The minimum Gasteiger partial charge on any atom is -0.445 e. The van der Waals surface area contributed by atoms with Gasteiger partial charge < -0.3 is 4.13 Å². The van der Waals surface area contributed by atoms with Gasteiger partial charge in [0.15, 0.2) is 10.0 Å². The van der Waals surface area contributed by atoms with Crippen LogP contribution in [0.2, 0.25) is 0 Å². The quantitative estimate of drug-likeness (QED) is 0.428. The SMILES string of the molecule is CS(=O)(=NS(=O)(=O)C(F)(F)F)[N-]S(=O)(=O)C(F)(F)F.[Li+]. The first-order chi connectivity index (χ1) is 7.91. The molecule has 0 radical (unpaired) electrons. The van der Waals surface area contributed by atoms with E-state index in [1.165, 1.54) is 7.90 Å². The number of alkyl halides is 6. The fourth-order valence-corrected chi connectivity index (χ4v) is 4.41. The third-order valence-corrected chi connectivity index (χ3v) is 6.01. The summed E-state index contributed by atoms with van der Waals surface area (Å²) in [6.45, 7) is 0. The summed E-state index contributed by atoms with van der Waals surface area (Å²) in [6, 6.07) is 0. The van der Waals surface area contributed by atoms with E-state index < -0.39 is 41.0 Å². The average molecular weight is 364 g/mol. The predicted octanol–water partition coefficient (Wildman–Crippen LogP) is -1.92. The maximum absolute atomic E-state index is 11.8. The van der Waals surface area contributed by atoms with Gasteiger partial charge in [0.1, 0.15) is 0 Å². The summed E-state index contributed by atoms with van der Waals surface area (Å²) < 4.78 is 127. The Hall–Kier alpha value is -0.0126. The predicted molar refractivity (Wildman–Crippen MR) is 49.8 cm³/mol. The number of hydrogen-bond acceptors (Lipinski definition) is 5. The number of hydrogen-bond donors (Lipinski definition) is 0. The standard InChI is InChI=1S/C3H3F6N2O5S3.Li/c1-17(12,10-18(13,14)2(4,5)6)11-19(15,16)3(7,8)9;/h1H3;/q-1;+1. The zero-order chi connectivity index (χ0) is 15.9. The molecule has 0 heterocycles. The van der Waals surface area contributed by atoms with Crippen LogP contribution in [0.1, 0.15) is 0 Å². The van der Waals surface area contributed by atoms with Crippen molar-refractivity contribution in [3.63, 3.8) is 0 Å². The summed E-state index contributed by atoms with van der Waals surface area (Å²) in [4.78, 5) is 0. The van der Waals surface area contributed by atoms with E-state index >= 15 is 0 Å². The second kappa shape index (κ2) is 6.00. The van der Waals surface area contributed by atoms with Crippen LogP contribution in [-0.2, 0) is 30.0 Å². The van der Waals surface area contributed by atoms with Gasteiger partial charge in [0, 0.05) is 6.26 Å². The molecule has 1 atom stereocenters. The molecule has 0 saturated carbocycles. The minimum absolute atomic E-state index is 0. The second-order valence-electron chi connectivity index (χ2n) is 2.75. The molecule has 17 heteroatoms. The first-order valence-electron chi connectivity index (χ1n) is 3.51. The van der Waals surface area contributed by atoms with Gasteiger partial charge in [-0.25, -0.2) is 8.42 Å². The molecular formula is C3H3F6LiN2O5S3. The molecule has 0 saturated heterocycles. The Morgan fingerprint density at radius 3 is 1.45 bits per heavy atom. The topological polar surface area (TPSA) is 112 Å². The Morgan fingerprint density at radius 2 is 1.20 bits per heavy atom. The van der Waals surface area contributed by atoms with Crippen molar-refractivity contribution in [3.05, 3.63) is 4.13 Å². The van der Waals surface area contributed by atoms with Crippen molar-refractivity contribution < 1.29 is 66.2 Å². The monoisotopic (exact) mass is 364 g/mol. The van der Waals surface area contributed by atoms with Crippen LogP contribution in [0.15, 0.2) is 3.77 Å². The van der Waals surface area contributed by atoms with Crippen molar-refractivity contribution in [1.29, 1.82) is 0 Å². The van der Waals surface area contributed by atoms with Gasteiger partial charge in [-0.05, 0) is 9.92 Å². The van der Waals surface area contributed by atoms with Gasteiger partial charge in [-0.3, -0.25) is 4.21 Å². The number of halogens is 6. The van der Waals surface area contributed by atoms with E-state index in [4.69, 9.17) is 0 Å². The van der Waals surface area contributed by atoms with Gasteiger partial charge in [-0.1, -0.05) is 0 Å². The number of rotatable bonds is 3. The summed E-state index contributed by atoms with van der Waals surface area (Å²) >= 11 is 0. The minimum atomic E-state index is -6.45. The van der Waals surface area contributed by atoms with E-state index in [0.717, 1.165) is 0 Å². The molecule has 0 spiro atoms. The van der Waals surface area contributed by atoms with Crippen LogP contribution >= 0.6 is 0 Å². The van der Waals surface area contributed by atoms with Crippen LogP contribution in [0, 0.1) is 0 Å². The molecule has 0 aliphatic rings. The largest absolute Gasteiger partial charge is 1.00 e. The van der Waals surface area contributed by atoms with E-state index in [2.05, 4.69) is 0 Å². The van der Waals surface area contributed by atoms with Gasteiger partial charge in [0.2, 0.25) is 0 Å². The molecule has 20 heavy (non-hydrogen) atoms. The van der Waals surface area contributed by atoms with Crippen LogP contribution < -0.4 is 18.9 Å². The smallest absolute Gasteiger partial charge is 0.445 e. The van der Waals surface area contributed by atoms with Crippen molar-refractivity contribution in [2.45, 2.75) is 11.0 Å². The van der Waals surface area contributed by atoms with Gasteiger partial charge in [-0.2, -0.15) is 34.8 Å². The zero-order valence-corrected chi connectivity index (χ0v) is 11.9. The van der Waals surface area contributed by atoms with E-state index in [0.29, 0.717) is 0 Å². The fourth-order valence-electron chi connectivity index (χ4n) is 0.462. The number of nitrogens with zero attached hydrogens (tertiary/aromatic N) is 2. The molecule has 0 aromatic carbocycles. The van der Waals surface area contributed by atoms with Crippen LogP contribution in [0.5, 0.6) is 0 Å². The van der Waals surface area contributed by atoms with E-state index in [1.807, 2.05) is 0 Å². The van der Waals surface area contributed by atoms with E-state index in [9.17, 15) is 47.4 Å². The molecule has 0 aromatic heterocycles. The molecule has 0 aliphatic carbocycles.